The van der Waals surface area contributed by atoms with Crippen LogP contribution in [0.15, 0.2) is 115 Å². The molecule has 5 rings (SSSR count). The van der Waals surface area contributed by atoms with Crippen LogP contribution in [0.5, 0.6) is 5.75 Å². The molecule has 210 valence electrons. The Kier molecular flexibility index (Phi) is 8.91. The van der Waals surface area contributed by atoms with E-state index in [4.69, 9.17) is 27.9 Å². The zero-order valence-corrected chi connectivity index (χ0v) is 24.6. The molecule has 0 heterocycles. The standard InChI is InChI=1S/C35H28Cl2N2O3/c1-23-12-14-25(15-13-23)28-10-6-7-11-29(28)34(40)38-31-18-16-26(20-30(31)37)35(41)39(2)32-19-17-27(36)21-33(32)42-22-24-8-4-3-5-9-24/h3-21H,22H2,1-2H3,(H,38,40). The highest BCUT2D eigenvalue weighted by Gasteiger charge is 2.20. The van der Waals surface area contributed by atoms with Gasteiger partial charge in [0, 0.05) is 29.3 Å². The van der Waals surface area contributed by atoms with Gasteiger partial charge in [-0.15, -0.1) is 0 Å². The van der Waals surface area contributed by atoms with Crippen molar-refractivity contribution in [2.75, 3.05) is 17.3 Å². The van der Waals surface area contributed by atoms with Crippen LogP contribution in [0.3, 0.4) is 0 Å². The minimum Gasteiger partial charge on any atom is -0.487 e. The van der Waals surface area contributed by atoms with Crippen molar-refractivity contribution in [3.05, 3.63) is 148 Å². The summed E-state index contributed by atoms with van der Waals surface area (Å²) < 4.78 is 6.04. The molecule has 5 aromatic rings. The van der Waals surface area contributed by atoms with E-state index in [9.17, 15) is 9.59 Å². The molecular weight excluding hydrogens is 567 g/mol. The minimum atomic E-state index is -0.300. The van der Waals surface area contributed by atoms with Crippen molar-refractivity contribution < 1.29 is 14.3 Å². The number of halogens is 2. The summed E-state index contributed by atoms with van der Waals surface area (Å²) >= 11 is 12.8. The smallest absolute Gasteiger partial charge is 0.258 e. The predicted octanol–water partition coefficient (Wildman–Crippen LogP) is 9.08. The number of amides is 2. The van der Waals surface area contributed by atoms with Crippen molar-refractivity contribution in [3.63, 3.8) is 0 Å². The molecule has 0 aromatic heterocycles. The minimum absolute atomic E-state index is 0.243. The molecule has 0 fully saturated rings. The summed E-state index contributed by atoms with van der Waals surface area (Å²) in [5.41, 5.74) is 5.71. The molecular formula is C35H28Cl2N2O3. The fourth-order valence-corrected chi connectivity index (χ4v) is 4.91. The number of hydrogen-bond donors (Lipinski definition) is 1. The molecule has 2 amide bonds. The van der Waals surface area contributed by atoms with Crippen molar-refractivity contribution in [2.45, 2.75) is 13.5 Å². The Labute approximate surface area is 255 Å². The van der Waals surface area contributed by atoms with E-state index in [1.54, 1.807) is 49.5 Å². The van der Waals surface area contributed by atoms with E-state index in [2.05, 4.69) is 5.32 Å². The monoisotopic (exact) mass is 594 g/mol. The molecule has 0 atom stereocenters. The number of aryl methyl sites for hydroxylation is 1. The van der Waals surface area contributed by atoms with Gasteiger partial charge in [0.25, 0.3) is 11.8 Å². The Hall–Kier alpha value is -4.58. The molecule has 0 radical (unpaired) electrons. The summed E-state index contributed by atoms with van der Waals surface area (Å²) in [6.07, 6.45) is 0. The third-order valence-electron chi connectivity index (χ3n) is 6.82. The van der Waals surface area contributed by atoms with E-state index in [1.165, 1.54) is 4.90 Å². The first-order valence-corrected chi connectivity index (χ1v) is 14.1. The van der Waals surface area contributed by atoms with Crippen LogP contribution in [0.1, 0.15) is 31.8 Å². The Morgan fingerprint density at radius 1 is 0.810 bits per heavy atom. The third-order valence-corrected chi connectivity index (χ3v) is 7.37. The average Bonchev–Trinajstić information content (AvgIpc) is 3.01. The first-order valence-electron chi connectivity index (χ1n) is 13.3. The molecule has 0 saturated heterocycles. The highest BCUT2D eigenvalue weighted by Crippen LogP contribution is 2.33. The maximum absolute atomic E-state index is 13.5. The largest absolute Gasteiger partial charge is 0.487 e. The van der Waals surface area contributed by atoms with Gasteiger partial charge < -0.3 is 15.0 Å². The number of nitrogens with one attached hydrogen (secondary N) is 1. The summed E-state index contributed by atoms with van der Waals surface area (Å²) in [6.45, 7) is 2.34. The molecule has 0 aliphatic carbocycles. The van der Waals surface area contributed by atoms with E-state index in [-0.39, 0.29) is 16.8 Å². The second kappa shape index (κ2) is 12.9. The highest BCUT2D eigenvalue weighted by molar-refractivity contribution is 6.34. The molecule has 7 heteroatoms. The van der Waals surface area contributed by atoms with Crippen LogP contribution in [0, 0.1) is 6.92 Å². The highest BCUT2D eigenvalue weighted by atomic mass is 35.5. The lowest BCUT2D eigenvalue weighted by Crippen LogP contribution is -2.26. The molecule has 0 unspecified atom stereocenters. The van der Waals surface area contributed by atoms with E-state index in [1.807, 2.05) is 79.7 Å². The maximum atomic E-state index is 13.5. The van der Waals surface area contributed by atoms with Crippen molar-refractivity contribution in [1.29, 1.82) is 0 Å². The number of carbonyl (C=O) groups excluding carboxylic acids is 2. The number of benzene rings is 5. The molecule has 0 aliphatic rings. The lowest BCUT2D eigenvalue weighted by molar-refractivity contribution is 0.0990. The van der Waals surface area contributed by atoms with Crippen LogP contribution in [-0.2, 0) is 6.61 Å². The van der Waals surface area contributed by atoms with Gasteiger partial charge in [0.1, 0.15) is 12.4 Å². The van der Waals surface area contributed by atoms with Crippen LogP contribution in [0.4, 0.5) is 11.4 Å². The van der Waals surface area contributed by atoms with Crippen LogP contribution in [-0.4, -0.2) is 18.9 Å². The molecule has 0 spiro atoms. The lowest BCUT2D eigenvalue weighted by atomic mass is 9.98. The van der Waals surface area contributed by atoms with Gasteiger partial charge in [0.15, 0.2) is 0 Å². The second-order valence-electron chi connectivity index (χ2n) is 9.81. The zero-order chi connectivity index (χ0) is 29.6. The van der Waals surface area contributed by atoms with E-state index in [0.717, 1.165) is 22.3 Å². The molecule has 0 bridgehead atoms. The Morgan fingerprint density at radius 2 is 1.52 bits per heavy atom. The number of anilines is 2. The maximum Gasteiger partial charge on any atom is 0.258 e. The number of hydrogen-bond acceptors (Lipinski definition) is 3. The number of rotatable bonds is 8. The van der Waals surface area contributed by atoms with Crippen molar-refractivity contribution in [1.82, 2.24) is 0 Å². The third kappa shape index (κ3) is 6.65. The van der Waals surface area contributed by atoms with Gasteiger partial charge in [0.2, 0.25) is 0 Å². The van der Waals surface area contributed by atoms with Crippen LogP contribution in [0.25, 0.3) is 11.1 Å². The van der Waals surface area contributed by atoms with E-state index < -0.39 is 0 Å². The fourth-order valence-electron chi connectivity index (χ4n) is 4.52. The summed E-state index contributed by atoms with van der Waals surface area (Å²) in [5.74, 6) is -0.124. The molecule has 5 nitrogen and oxygen atoms in total. The Morgan fingerprint density at radius 3 is 2.26 bits per heavy atom. The van der Waals surface area contributed by atoms with Gasteiger partial charge in [0.05, 0.1) is 16.4 Å². The van der Waals surface area contributed by atoms with Gasteiger partial charge in [-0.05, 0) is 60.0 Å². The van der Waals surface area contributed by atoms with Crippen LogP contribution >= 0.6 is 23.2 Å². The van der Waals surface area contributed by atoms with E-state index >= 15 is 0 Å². The Balaban J connectivity index is 1.33. The lowest BCUT2D eigenvalue weighted by Gasteiger charge is -2.21. The summed E-state index contributed by atoms with van der Waals surface area (Å²) in [5, 5.41) is 3.63. The molecule has 0 aliphatic heterocycles. The van der Waals surface area contributed by atoms with Crippen molar-refractivity contribution in [3.8, 4) is 16.9 Å². The van der Waals surface area contributed by atoms with E-state index in [0.29, 0.717) is 39.9 Å². The zero-order valence-electron chi connectivity index (χ0n) is 23.1. The van der Waals surface area contributed by atoms with Gasteiger partial charge >= 0.3 is 0 Å². The first-order chi connectivity index (χ1) is 20.3. The normalized spacial score (nSPS) is 10.7. The summed E-state index contributed by atoms with van der Waals surface area (Å²) in [7, 11) is 1.66. The van der Waals surface area contributed by atoms with Gasteiger partial charge in [-0.25, -0.2) is 0 Å². The van der Waals surface area contributed by atoms with Crippen molar-refractivity contribution in [2.24, 2.45) is 0 Å². The molecule has 5 aromatic carbocycles. The molecule has 0 saturated carbocycles. The first kappa shape index (κ1) is 28.9. The summed E-state index contributed by atoms with van der Waals surface area (Å²) in [6, 6.07) is 35.1. The fraction of sp³-hybridized carbons (Fsp3) is 0.0857. The molecule has 42 heavy (non-hydrogen) atoms. The van der Waals surface area contributed by atoms with Gasteiger partial charge in [-0.2, -0.15) is 0 Å². The van der Waals surface area contributed by atoms with Gasteiger partial charge in [-0.1, -0.05) is 102 Å². The number of nitrogens with zero attached hydrogens (tertiary/aromatic N) is 1. The topological polar surface area (TPSA) is 58.6 Å². The Bertz CT molecular complexity index is 1740. The van der Waals surface area contributed by atoms with Crippen LogP contribution < -0.4 is 15.0 Å². The molecule has 1 N–H and O–H groups in total. The van der Waals surface area contributed by atoms with Crippen molar-refractivity contribution >= 4 is 46.4 Å². The number of ether oxygens (including phenoxy) is 1. The van der Waals surface area contributed by atoms with Crippen LogP contribution in [0.2, 0.25) is 10.0 Å². The predicted molar refractivity (Wildman–Crippen MR) is 171 cm³/mol. The second-order valence-corrected chi connectivity index (χ2v) is 10.7. The average molecular weight is 596 g/mol. The van der Waals surface area contributed by atoms with Gasteiger partial charge in [-0.3, -0.25) is 9.59 Å². The quantitative estimate of drug-likeness (QED) is 0.195. The number of carbonyl (C=O) groups is 2. The summed E-state index contributed by atoms with van der Waals surface area (Å²) in [4.78, 5) is 28.3. The SMILES string of the molecule is Cc1ccc(-c2ccccc2C(=O)Nc2ccc(C(=O)N(C)c3ccc(Cl)cc3OCc3ccccc3)cc2Cl)cc1.